The number of amides is 1. The van der Waals surface area contributed by atoms with E-state index >= 15 is 0 Å². The number of hydrazone groups is 1. The lowest BCUT2D eigenvalue weighted by Gasteiger charge is -2.19. The predicted octanol–water partition coefficient (Wildman–Crippen LogP) is 4.40. The molecule has 0 aliphatic rings. The first-order valence-electron chi connectivity index (χ1n) is 8.30. The van der Waals surface area contributed by atoms with Crippen LogP contribution in [0.1, 0.15) is 45.7 Å². The van der Waals surface area contributed by atoms with Crippen LogP contribution in [0, 0.1) is 0 Å². The zero-order valence-corrected chi connectivity index (χ0v) is 16.2. The van der Waals surface area contributed by atoms with E-state index < -0.39 is 0 Å². The lowest BCUT2D eigenvalue weighted by Crippen LogP contribution is -2.27. The van der Waals surface area contributed by atoms with Crippen LogP contribution in [0.3, 0.4) is 0 Å². The quantitative estimate of drug-likeness (QED) is 0.491. The zero-order valence-electron chi connectivity index (χ0n) is 15.4. The summed E-state index contributed by atoms with van der Waals surface area (Å²) in [6.45, 7) is 10.3. The van der Waals surface area contributed by atoms with Gasteiger partial charge in [0.25, 0.3) is 5.91 Å². The molecule has 0 fully saturated rings. The molecule has 0 saturated heterocycles. The molecule has 0 radical (unpaired) electrons. The van der Waals surface area contributed by atoms with Gasteiger partial charge in [0.15, 0.2) is 0 Å². The topological polar surface area (TPSA) is 54.4 Å². The minimum Gasteiger partial charge on any atom is -0.272 e. The van der Waals surface area contributed by atoms with Crippen LogP contribution in [0.5, 0.6) is 0 Å². The third-order valence-electron chi connectivity index (χ3n) is 3.81. The normalized spacial score (nSPS) is 13.4. The van der Waals surface area contributed by atoms with E-state index in [2.05, 4.69) is 48.4 Å². The zero-order chi connectivity index (χ0) is 18.4. The highest BCUT2D eigenvalue weighted by Gasteiger charge is 2.15. The summed E-state index contributed by atoms with van der Waals surface area (Å²) >= 11 is 1.41. The van der Waals surface area contributed by atoms with Gasteiger partial charge in [-0.3, -0.25) is 4.79 Å². The molecule has 1 atom stereocenters. The fraction of sp³-hybridized carbons (Fsp3) is 0.350. The molecule has 1 aromatic heterocycles. The number of hydrogen-bond donors (Lipinski definition) is 1. The number of carbonyl (C=O) groups is 1. The second-order valence-corrected chi connectivity index (χ2v) is 8.29. The molecule has 2 aromatic rings. The fourth-order valence-electron chi connectivity index (χ4n) is 2.16. The number of benzene rings is 1. The Bertz CT molecular complexity index is 734. The highest BCUT2D eigenvalue weighted by atomic mass is 32.2. The van der Waals surface area contributed by atoms with E-state index in [0.717, 1.165) is 16.3 Å². The van der Waals surface area contributed by atoms with Crippen molar-refractivity contribution in [2.45, 2.75) is 50.3 Å². The van der Waals surface area contributed by atoms with Crippen LogP contribution >= 0.6 is 11.8 Å². The molecule has 1 amide bonds. The van der Waals surface area contributed by atoms with E-state index in [9.17, 15) is 4.79 Å². The predicted molar refractivity (Wildman–Crippen MR) is 105 cm³/mol. The standard InChI is InChI=1S/C20H25N3OS/c1-14(16-9-11-17(12-10-16)20(3,4)5)22-23-19(24)15(2)25-18-8-6-7-13-21-18/h6-13,15H,1-5H3,(H,23,24). The maximum absolute atomic E-state index is 12.2. The average Bonchev–Trinajstić information content (AvgIpc) is 2.59. The number of rotatable bonds is 5. The molecule has 1 aromatic carbocycles. The highest BCUT2D eigenvalue weighted by molar-refractivity contribution is 8.00. The first-order chi connectivity index (χ1) is 11.8. The summed E-state index contributed by atoms with van der Waals surface area (Å²) in [6, 6.07) is 13.9. The Morgan fingerprint density at radius 3 is 2.40 bits per heavy atom. The summed E-state index contributed by atoms with van der Waals surface area (Å²) in [4.78, 5) is 16.4. The van der Waals surface area contributed by atoms with Crippen molar-refractivity contribution in [2.24, 2.45) is 5.10 Å². The molecule has 2 rings (SSSR count). The lowest BCUT2D eigenvalue weighted by atomic mass is 9.86. The van der Waals surface area contributed by atoms with Gasteiger partial charge in [0.2, 0.25) is 0 Å². The van der Waals surface area contributed by atoms with Crippen molar-refractivity contribution in [3.8, 4) is 0 Å². The van der Waals surface area contributed by atoms with Gasteiger partial charge < -0.3 is 0 Å². The van der Waals surface area contributed by atoms with E-state index in [0.29, 0.717) is 0 Å². The number of hydrogen-bond acceptors (Lipinski definition) is 4. The van der Waals surface area contributed by atoms with Gasteiger partial charge in [-0.2, -0.15) is 5.10 Å². The Morgan fingerprint density at radius 1 is 1.16 bits per heavy atom. The van der Waals surface area contributed by atoms with Gasteiger partial charge in [0.05, 0.1) is 16.0 Å². The van der Waals surface area contributed by atoms with Crippen molar-refractivity contribution >= 4 is 23.4 Å². The summed E-state index contributed by atoms with van der Waals surface area (Å²) in [5.74, 6) is -0.138. The van der Waals surface area contributed by atoms with Crippen molar-refractivity contribution in [3.05, 3.63) is 59.8 Å². The van der Waals surface area contributed by atoms with E-state index in [-0.39, 0.29) is 16.6 Å². The van der Waals surface area contributed by atoms with Gasteiger partial charge in [-0.05, 0) is 42.5 Å². The molecule has 0 spiro atoms. The molecule has 25 heavy (non-hydrogen) atoms. The van der Waals surface area contributed by atoms with Gasteiger partial charge in [0.1, 0.15) is 0 Å². The van der Waals surface area contributed by atoms with Crippen LogP contribution in [0.15, 0.2) is 58.8 Å². The summed E-state index contributed by atoms with van der Waals surface area (Å²) < 4.78 is 0. The highest BCUT2D eigenvalue weighted by Crippen LogP contribution is 2.22. The van der Waals surface area contributed by atoms with E-state index in [1.807, 2.05) is 44.2 Å². The van der Waals surface area contributed by atoms with Crippen LogP contribution < -0.4 is 5.43 Å². The summed E-state index contributed by atoms with van der Waals surface area (Å²) in [5, 5.41) is 4.79. The Labute approximate surface area is 154 Å². The minimum absolute atomic E-state index is 0.121. The van der Waals surface area contributed by atoms with Crippen LogP contribution in [0.2, 0.25) is 0 Å². The summed E-state index contributed by atoms with van der Waals surface area (Å²) in [5.41, 5.74) is 5.82. The molecule has 4 nitrogen and oxygen atoms in total. The van der Waals surface area contributed by atoms with Gasteiger partial charge in [-0.15, -0.1) is 0 Å². The van der Waals surface area contributed by atoms with Crippen LogP contribution in [0.25, 0.3) is 0 Å². The molecule has 0 bridgehead atoms. The van der Waals surface area contributed by atoms with Crippen LogP contribution in [-0.2, 0) is 10.2 Å². The van der Waals surface area contributed by atoms with Crippen molar-refractivity contribution in [1.29, 1.82) is 0 Å². The molecule has 0 aliphatic heterocycles. The molecule has 0 saturated carbocycles. The molecular formula is C20H25N3OS. The van der Waals surface area contributed by atoms with Crippen molar-refractivity contribution < 1.29 is 4.79 Å². The minimum atomic E-state index is -0.269. The van der Waals surface area contributed by atoms with Crippen LogP contribution in [0.4, 0.5) is 0 Å². The molecule has 1 unspecified atom stereocenters. The maximum atomic E-state index is 12.2. The summed E-state index contributed by atoms with van der Waals surface area (Å²) in [7, 11) is 0. The maximum Gasteiger partial charge on any atom is 0.253 e. The van der Waals surface area contributed by atoms with E-state index in [4.69, 9.17) is 0 Å². The van der Waals surface area contributed by atoms with E-state index in [1.165, 1.54) is 17.3 Å². The number of pyridine rings is 1. The van der Waals surface area contributed by atoms with Gasteiger partial charge >= 0.3 is 0 Å². The summed E-state index contributed by atoms with van der Waals surface area (Å²) in [6.07, 6.45) is 1.72. The number of carbonyl (C=O) groups excluding carboxylic acids is 1. The molecule has 0 aliphatic carbocycles. The Balaban J connectivity index is 1.96. The number of aromatic nitrogens is 1. The van der Waals surface area contributed by atoms with Crippen molar-refractivity contribution in [2.75, 3.05) is 0 Å². The molecule has 132 valence electrons. The smallest absolute Gasteiger partial charge is 0.253 e. The first kappa shape index (κ1) is 19.2. The number of thioether (sulfide) groups is 1. The van der Waals surface area contributed by atoms with Gasteiger partial charge in [-0.25, -0.2) is 10.4 Å². The number of nitrogens with one attached hydrogen (secondary N) is 1. The third kappa shape index (κ3) is 5.71. The molecule has 1 N–H and O–H groups in total. The SMILES string of the molecule is CC(=NNC(=O)C(C)Sc1ccccn1)c1ccc(C(C)(C)C)cc1. The third-order valence-corrected chi connectivity index (χ3v) is 4.86. The second-order valence-electron chi connectivity index (χ2n) is 6.93. The largest absolute Gasteiger partial charge is 0.272 e. The molecular weight excluding hydrogens is 330 g/mol. The fourth-order valence-corrected chi connectivity index (χ4v) is 2.96. The van der Waals surface area contributed by atoms with Crippen molar-refractivity contribution in [1.82, 2.24) is 10.4 Å². The second kappa shape index (κ2) is 8.30. The van der Waals surface area contributed by atoms with Gasteiger partial charge in [0, 0.05) is 6.20 Å². The molecule has 1 heterocycles. The molecule has 5 heteroatoms. The first-order valence-corrected chi connectivity index (χ1v) is 9.18. The van der Waals surface area contributed by atoms with Crippen molar-refractivity contribution in [3.63, 3.8) is 0 Å². The average molecular weight is 356 g/mol. The number of nitrogens with zero attached hydrogens (tertiary/aromatic N) is 2. The monoisotopic (exact) mass is 355 g/mol. The van der Waals surface area contributed by atoms with Crippen LogP contribution in [-0.4, -0.2) is 21.9 Å². The van der Waals surface area contributed by atoms with E-state index in [1.54, 1.807) is 6.20 Å². The Hall–Kier alpha value is -2.14. The van der Waals surface area contributed by atoms with Gasteiger partial charge in [-0.1, -0.05) is 62.9 Å². The Morgan fingerprint density at radius 2 is 1.84 bits per heavy atom. The Kier molecular flexibility index (Phi) is 6.37. The lowest BCUT2D eigenvalue weighted by molar-refractivity contribution is -0.120.